The molecule has 2 heterocycles. The number of anilines is 1. The fourth-order valence-corrected chi connectivity index (χ4v) is 1.78. The van der Waals surface area contributed by atoms with E-state index in [9.17, 15) is 0 Å². The van der Waals surface area contributed by atoms with E-state index >= 15 is 0 Å². The van der Waals surface area contributed by atoms with Gasteiger partial charge < -0.3 is 14.3 Å². The molecule has 0 aliphatic carbocycles. The van der Waals surface area contributed by atoms with Gasteiger partial charge in [0.1, 0.15) is 0 Å². The monoisotopic (exact) mass is 255 g/mol. The second kappa shape index (κ2) is 4.93. The van der Waals surface area contributed by atoms with Crippen molar-refractivity contribution < 1.29 is 4.42 Å². The Morgan fingerprint density at radius 1 is 1.26 bits per heavy atom. The van der Waals surface area contributed by atoms with Gasteiger partial charge in [0, 0.05) is 24.5 Å². The van der Waals surface area contributed by atoms with Crippen LogP contribution in [0.4, 0.5) is 5.69 Å². The van der Waals surface area contributed by atoms with Crippen molar-refractivity contribution >= 4 is 5.69 Å². The summed E-state index contributed by atoms with van der Waals surface area (Å²) in [5.74, 6) is 0.526. The van der Waals surface area contributed by atoms with E-state index in [0.29, 0.717) is 5.89 Å². The van der Waals surface area contributed by atoms with Gasteiger partial charge in [-0.3, -0.25) is 0 Å². The van der Waals surface area contributed by atoms with Crippen LogP contribution in [0.3, 0.4) is 0 Å². The number of nitrogens with zero attached hydrogens (tertiary/aromatic N) is 4. The summed E-state index contributed by atoms with van der Waals surface area (Å²) in [6.45, 7) is 0.733. The minimum absolute atomic E-state index is 0.526. The molecule has 0 unspecified atom stereocenters. The highest BCUT2D eigenvalue weighted by molar-refractivity contribution is 5.58. The van der Waals surface area contributed by atoms with Crippen molar-refractivity contribution in [1.82, 2.24) is 19.7 Å². The molecule has 0 aliphatic heterocycles. The smallest absolute Gasteiger partial charge is 0.247 e. The molecule has 0 aliphatic rings. The SMILES string of the molecule is Cn1cncc1CNc1ccc(-c2nnco2)cc1. The van der Waals surface area contributed by atoms with Crippen LogP contribution in [0.25, 0.3) is 11.5 Å². The first-order valence-electron chi connectivity index (χ1n) is 5.88. The molecule has 2 aromatic heterocycles. The second-order valence-corrected chi connectivity index (χ2v) is 4.17. The Hall–Kier alpha value is -2.63. The first kappa shape index (κ1) is 11.5. The van der Waals surface area contributed by atoms with Crippen LogP contribution in [-0.4, -0.2) is 19.7 Å². The van der Waals surface area contributed by atoms with Gasteiger partial charge in [-0.15, -0.1) is 10.2 Å². The molecule has 1 aromatic carbocycles. The molecule has 0 amide bonds. The number of imidazole rings is 1. The summed E-state index contributed by atoms with van der Waals surface area (Å²) < 4.78 is 7.13. The van der Waals surface area contributed by atoms with Crippen molar-refractivity contribution in [2.75, 3.05) is 5.32 Å². The van der Waals surface area contributed by atoms with Crippen LogP contribution >= 0.6 is 0 Å². The van der Waals surface area contributed by atoms with Crippen LogP contribution in [-0.2, 0) is 13.6 Å². The fourth-order valence-electron chi connectivity index (χ4n) is 1.78. The van der Waals surface area contributed by atoms with Crippen LogP contribution in [0, 0.1) is 0 Å². The summed E-state index contributed by atoms with van der Waals surface area (Å²) >= 11 is 0. The number of nitrogens with one attached hydrogen (secondary N) is 1. The molecule has 96 valence electrons. The normalized spacial score (nSPS) is 10.6. The minimum atomic E-state index is 0.526. The largest absolute Gasteiger partial charge is 0.423 e. The van der Waals surface area contributed by atoms with Gasteiger partial charge in [0.15, 0.2) is 0 Å². The summed E-state index contributed by atoms with van der Waals surface area (Å²) in [4.78, 5) is 4.08. The third-order valence-electron chi connectivity index (χ3n) is 2.88. The summed E-state index contributed by atoms with van der Waals surface area (Å²) in [6, 6.07) is 7.85. The fraction of sp³-hybridized carbons (Fsp3) is 0.154. The van der Waals surface area contributed by atoms with Gasteiger partial charge in [-0.25, -0.2) is 4.98 Å². The van der Waals surface area contributed by atoms with E-state index in [4.69, 9.17) is 4.42 Å². The van der Waals surface area contributed by atoms with Crippen molar-refractivity contribution in [3.8, 4) is 11.5 Å². The Morgan fingerprint density at radius 3 is 2.74 bits per heavy atom. The zero-order chi connectivity index (χ0) is 13.1. The highest BCUT2D eigenvalue weighted by atomic mass is 16.4. The summed E-state index contributed by atoms with van der Waals surface area (Å²) in [6.07, 6.45) is 4.96. The van der Waals surface area contributed by atoms with Gasteiger partial charge >= 0.3 is 0 Å². The van der Waals surface area contributed by atoms with Crippen molar-refractivity contribution in [2.45, 2.75) is 6.54 Å². The van der Waals surface area contributed by atoms with Crippen molar-refractivity contribution in [3.63, 3.8) is 0 Å². The molecule has 6 nitrogen and oxygen atoms in total. The molecule has 0 saturated heterocycles. The standard InChI is InChI=1S/C13H13N5O/c1-18-8-14-6-12(18)7-15-11-4-2-10(3-5-11)13-17-16-9-19-13/h2-6,8-9,15H,7H2,1H3. The second-order valence-electron chi connectivity index (χ2n) is 4.17. The lowest BCUT2D eigenvalue weighted by atomic mass is 10.2. The van der Waals surface area contributed by atoms with Gasteiger partial charge in [0.2, 0.25) is 12.3 Å². The number of hydrogen-bond donors (Lipinski definition) is 1. The molecule has 0 radical (unpaired) electrons. The Balaban J connectivity index is 1.68. The van der Waals surface area contributed by atoms with Crippen LogP contribution < -0.4 is 5.32 Å². The van der Waals surface area contributed by atoms with Crippen molar-refractivity contribution in [3.05, 3.63) is 48.9 Å². The predicted octanol–water partition coefficient (Wildman–Crippen LogP) is 2.08. The number of benzene rings is 1. The number of aromatic nitrogens is 4. The maximum Gasteiger partial charge on any atom is 0.247 e. The molecule has 0 atom stereocenters. The van der Waals surface area contributed by atoms with E-state index in [2.05, 4.69) is 20.5 Å². The summed E-state index contributed by atoms with van der Waals surface area (Å²) in [7, 11) is 1.97. The topological polar surface area (TPSA) is 68.8 Å². The molecule has 0 spiro atoms. The van der Waals surface area contributed by atoms with Gasteiger partial charge in [-0.1, -0.05) is 0 Å². The first-order chi connectivity index (χ1) is 9.33. The van der Waals surface area contributed by atoms with E-state index < -0.39 is 0 Å². The van der Waals surface area contributed by atoms with E-state index in [1.54, 1.807) is 6.33 Å². The lowest BCUT2D eigenvalue weighted by Gasteiger charge is -2.07. The van der Waals surface area contributed by atoms with Gasteiger partial charge in [0.05, 0.1) is 18.6 Å². The molecule has 0 fully saturated rings. The van der Waals surface area contributed by atoms with E-state index in [1.807, 2.05) is 42.1 Å². The molecular weight excluding hydrogens is 242 g/mol. The average molecular weight is 255 g/mol. The van der Waals surface area contributed by atoms with Crippen LogP contribution in [0.1, 0.15) is 5.69 Å². The molecule has 3 rings (SSSR count). The zero-order valence-corrected chi connectivity index (χ0v) is 10.4. The van der Waals surface area contributed by atoms with Crippen LogP contribution in [0.15, 0.2) is 47.6 Å². The molecule has 0 saturated carbocycles. The van der Waals surface area contributed by atoms with E-state index in [1.165, 1.54) is 6.39 Å². The minimum Gasteiger partial charge on any atom is -0.423 e. The van der Waals surface area contributed by atoms with E-state index in [-0.39, 0.29) is 0 Å². The lowest BCUT2D eigenvalue weighted by Crippen LogP contribution is -2.03. The van der Waals surface area contributed by atoms with Crippen LogP contribution in [0.5, 0.6) is 0 Å². The third kappa shape index (κ3) is 2.47. The Labute approximate surface area is 110 Å². The van der Waals surface area contributed by atoms with E-state index in [0.717, 1.165) is 23.5 Å². The maximum atomic E-state index is 5.14. The molecule has 0 bridgehead atoms. The predicted molar refractivity (Wildman–Crippen MR) is 70.3 cm³/mol. The van der Waals surface area contributed by atoms with Gasteiger partial charge in [-0.05, 0) is 24.3 Å². The highest BCUT2D eigenvalue weighted by Gasteiger charge is 2.03. The highest BCUT2D eigenvalue weighted by Crippen LogP contribution is 2.19. The average Bonchev–Trinajstić information content (AvgIpc) is 3.09. The first-order valence-corrected chi connectivity index (χ1v) is 5.88. The molecule has 1 N–H and O–H groups in total. The Kier molecular flexibility index (Phi) is 2.97. The Morgan fingerprint density at radius 2 is 2.11 bits per heavy atom. The number of rotatable bonds is 4. The lowest BCUT2D eigenvalue weighted by molar-refractivity contribution is 0.568. The Bertz CT molecular complexity index is 642. The van der Waals surface area contributed by atoms with Crippen LogP contribution in [0.2, 0.25) is 0 Å². The number of aryl methyl sites for hydroxylation is 1. The molecule has 6 heteroatoms. The summed E-state index contributed by atoms with van der Waals surface area (Å²) in [5, 5.41) is 10.9. The zero-order valence-electron chi connectivity index (χ0n) is 10.4. The molecular formula is C13H13N5O. The van der Waals surface area contributed by atoms with Gasteiger partial charge in [-0.2, -0.15) is 0 Å². The molecule has 19 heavy (non-hydrogen) atoms. The summed E-state index contributed by atoms with van der Waals surface area (Å²) in [5.41, 5.74) is 3.06. The molecule has 3 aromatic rings. The van der Waals surface area contributed by atoms with Crippen molar-refractivity contribution in [1.29, 1.82) is 0 Å². The van der Waals surface area contributed by atoms with Gasteiger partial charge in [0.25, 0.3) is 0 Å². The number of hydrogen-bond acceptors (Lipinski definition) is 5. The third-order valence-corrected chi connectivity index (χ3v) is 2.88. The van der Waals surface area contributed by atoms with Crippen molar-refractivity contribution in [2.24, 2.45) is 7.05 Å². The quantitative estimate of drug-likeness (QED) is 0.773. The maximum absolute atomic E-state index is 5.14.